The summed E-state index contributed by atoms with van der Waals surface area (Å²) in [6.45, 7) is 3.42. The maximum absolute atomic E-state index is 10.7. The summed E-state index contributed by atoms with van der Waals surface area (Å²) in [5.74, 6) is -0.402. The molecule has 0 aliphatic carbocycles. The highest BCUT2D eigenvalue weighted by Crippen LogP contribution is 2.17. The van der Waals surface area contributed by atoms with Crippen molar-refractivity contribution in [3.05, 3.63) is 18.0 Å². The number of hydrogen-bond acceptors (Lipinski definition) is 5. The second kappa shape index (κ2) is 5.27. The fraction of sp³-hybridized carbons (Fsp3) is 0.500. The van der Waals surface area contributed by atoms with Crippen molar-refractivity contribution in [1.82, 2.24) is 9.97 Å². The summed E-state index contributed by atoms with van der Waals surface area (Å²) in [7, 11) is 0. The minimum atomic E-state index is -1.18. The highest BCUT2D eigenvalue weighted by Gasteiger charge is 2.27. The van der Waals surface area contributed by atoms with E-state index in [1.165, 1.54) is 18.7 Å². The van der Waals surface area contributed by atoms with E-state index < -0.39 is 11.5 Å². The molecule has 88 valence electrons. The Bertz CT molecular complexity index is 365. The number of thioether (sulfide) groups is 1. The zero-order valence-corrected chi connectivity index (χ0v) is 10.1. The number of nitrogens with zero attached hydrogens (tertiary/aromatic N) is 2. The van der Waals surface area contributed by atoms with Gasteiger partial charge in [-0.1, -0.05) is 11.8 Å². The second-order valence-corrected chi connectivity index (χ2v) is 4.93. The van der Waals surface area contributed by atoms with E-state index in [4.69, 9.17) is 10.8 Å². The lowest BCUT2D eigenvalue weighted by Gasteiger charge is -2.17. The Morgan fingerprint density at radius 1 is 1.56 bits per heavy atom. The third-order valence-electron chi connectivity index (χ3n) is 2.10. The molecule has 5 nitrogen and oxygen atoms in total. The summed E-state index contributed by atoms with van der Waals surface area (Å²) in [4.78, 5) is 19.0. The summed E-state index contributed by atoms with van der Waals surface area (Å²) in [6, 6.07) is 0. The molecule has 1 heterocycles. The van der Waals surface area contributed by atoms with Crippen molar-refractivity contribution in [2.45, 2.75) is 31.0 Å². The predicted molar refractivity (Wildman–Crippen MR) is 62.3 cm³/mol. The van der Waals surface area contributed by atoms with Gasteiger partial charge < -0.3 is 10.8 Å². The van der Waals surface area contributed by atoms with Gasteiger partial charge in [0.15, 0.2) is 5.16 Å². The van der Waals surface area contributed by atoms with E-state index in [0.29, 0.717) is 17.3 Å². The van der Waals surface area contributed by atoms with Crippen LogP contribution in [0.4, 0.5) is 0 Å². The maximum Gasteiger partial charge on any atom is 0.323 e. The van der Waals surface area contributed by atoms with E-state index in [0.717, 1.165) is 5.56 Å². The quantitative estimate of drug-likeness (QED) is 0.592. The first kappa shape index (κ1) is 12.9. The van der Waals surface area contributed by atoms with E-state index in [9.17, 15) is 4.79 Å². The van der Waals surface area contributed by atoms with E-state index in [2.05, 4.69) is 9.97 Å². The van der Waals surface area contributed by atoms with Gasteiger partial charge in [0.1, 0.15) is 5.54 Å². The van der Waals surface area contributed by atoms with Crippen molar-refractivity contribution in [1.29, 1.82) is 0 Å². The van der Waals surface area contributed by atoms with Gasteiger partial charge >= 0.3 is 5.97 Å². The van der Waals surface area contributed by atoms with Gasteiger partial charge in [0.25, 0.3) is 0 Å². The maximum atomic E-state index is 10.7. The van der Waals surface area contributed by atoms with Crippen molar-refractivity contribution in [3.8, 4) is 0 Å². The highest BCUT2D eigenvalue weighted by atomic mass is 32.2. The Morgan fingerprint density at radius 3 is 2.62 bits per heavy atom. The van der Waals surface area contributed by atoms with Crippen LogP contribution in [-0.4, -0.2) is 32.3 Å². The molecule has 0 amide bonds. The molecule has 0 aliphatic heterocycles. The van der Waals surface area contributed by atoms with Crippen LogP contribution in [0.3, 0.4) is 0 Å². The summed E-state index contributed by atoms with van der Waals surface area (Å²) in [5, 5.41) is 9.45. The first-order valence-electron chi connectivity index (χ1n) is 4.85. The minimum Gasteiger partial charge on any atom is -0.480 e. The minimum absolute atomic E-state index is 0.379. The van der Waals surface area contributed by atoms with Crippen molar-refractivity contribution in [2.75, 3.05) is 5.75 Å². The van der Waals surface area contributed by atoms with E-state index in [1.807, 2.05) is 6.92 Å². The number of carbonyl (C=O) groups is 1. The summed E-state index contributed by atoms with van der Waals surface area (Å²) < 4.78 is 0. The molecule has 3 N–H and O–H groups in total. The lowest BCUT2D eigenvalue weighted by atomic mass is 10.0. The van der Waals surface area contributed by atoms with Gasteiger partial charge in [-0.05, 0) is 25.8 Å². The third kappa shape index (κ3) is 3.79. The average Bonchev–Trinajstić information content (AvgIpc) is 2.20. The number of aliphatic carboxylic acids is 1. The number of aromatic nitrogens is 2. The molecule has 0 aromatic carbocycles. The summed E-state index contributed by atoms with van der Waals surface area (Å²) in [6.07, 6.45) is 3.84. The molecule has 1 rings (SSSR count). The van der Waals surface area contributed by atoms with Crippen molar-refractivity contribution in [3.63, 3.8) is 0 Å². The van der Waals surface area contributed by atoms with Gasteiger partial charge in [-0.25, -0.2) is 9.97 Å². The number of carboxylic acids is 1. The monoisotopic (exact) mass is 241 g/mol. The lowest BCUT2D eigenvalue weighted by molar-refractivity contribution is -0.142. The number of aryl methyl sites for hydroxylation is 1. The van der Waals surface area contributed by atoms with Crippen LogP contribution in [0, 0.1) is 6.92 Å². The number of hydrogen-bond donors (Lipinski definition) is 2. The van der Waals surface area contributed by atoms with Crippen LogP contribution >= 0.6 is 11.8 Å². The Morgan fingerprint density at radius 2 is 2.12 bits per heavy atom. The van der Waals surface area contributed by atoms with Gasteiger partial charge in [0, 0.05) is 18.1 Å². The van der Waals surface area contributed by atoms with Crippen LogP contribution in [0.15, 0.2) is 17.6 Å². The number of nitrogens with two attached hydrogens (primary N) is 1. The van der Waals surface area contributed by atoms with Crippen molar-refractivity contribution in [2.24, 2.45) is 5.73 Å². The first-order chi connectivity index (χ1) is 7.42. The molecule has 1 aromatic heterocycles. The molecule has 1 aromatic rings. The summed E-state index contributed by atoms with van der Waals surface area (Å²) in [5.41, 5.74) is 5.41. The van der Waals surface area contributed by atoms with Gasteiger partial charge in [0.05, 0.1) is 0 Å². The van der Waals surface area contributed by atoms with E-state index in [1.54, 1.807) is 12.4 Å². The van der Waals surface area contributed by atoms with Crippen LogP contribution in [0.5, 0.6) is 0 Å². The highest BCUT2D eigenvalue weighted by molar-refractivity contribution is 7.99. The number of carboxylic acid groups (broad SMARTS) is 1. The van der Waals surface area contributed by atoms with Gasteiger partial charge in [-0.3, -0.25) is 4.79 Å². The molecule has 0 fully saturated rings. The molecule has 1 unspecified atom stereocenters. The molecule has 1 atom stereocenters. The first-order valence-corrected chi connectivity index (χ1v) is 5.84. The molecule has 6 heteroatoms. The van der Waals surface area contributed by atoms with Crippen LogP contribution in [0.25, 0.3) is 0 Å². The normalized spacial score (nSPS) is 14.4. The van der Waals surface area contributed by atoms with Gasteiger partial charge in [-0.2, -0.15) is 0 Å². The smallest absolute Gasteiger partial charge is 0.323 e. The van der Waals surface area contributed by atoms with Gasteiger partial charge in [-0.15, -0.1) is 0 Å². The Kier molecular flexibility index (Phi) is 4.26. The Balaban J connectivity index is 2.41. The zero-order valence-electron chi connectivity index (χ0n) is 9.30. The standard InChI is InChI=1S/C10H15N3O2S/c1-7-5-12-9(13-6-7)16-4-3-10(2,11)8(14)15/h5-6H,3-4,11H2,1-2H3,(H,14,15). The van der Waals surface area contributed by atoms with Crippen molar-refractivity contribution < 1.29 is 9.90 Å². The second-order valence-electron chi connectivity index (χ2n) is 3.86. The van der Waals surface area contributed by atoms with E-state index in [-0.39, 0.29) is 0 Å². The largest absolute Gasteiger partial charge is 0.480 e. The summed E-state index contributed by atoms with van der Waals surface area (Å²) >= 11 is 1.41. The predicted octanol–water partition coefficient (Wildman–Crippen LogP) is 1.07. The molecule has 16 heavy (non-hydrogen) atoms. The number of rotatable bonds is 5. The van der Waals surface area contributed by atoms with Crippen LogP contribution in [0.1, 0.15) is 18.9 Å². The van der Waals surface area contributed by atoms with Gasteiger partial charge in [0.2, 0.25) is 0 Å². The molecule has 0 bridgehead atoms. The third-order valence-corrected chi connectivity index (χ3v) is 2.98. The zero-order chi connectivity index (χ0) is 12.2. The SMILES string of the molecule is Cc1cnc(SCCC(C)(N)C(=O)O)nc1. The Labute approximate surface area is 98.5 Å². The molecule has 0 saturated heterocycles. The topological polar surface area (TPSA) is 89.1 Å². The fourth-order valence-corrected chi connectivity index (χ4v) is 1.88. The molecule has 0 saturated carbocycles. The van der Waals surface area contributed by atoms with Crippen molar-refractivity contribution >= 4 is 17.7 Å². The molecule has 0 spiro atoms. The van der Waals surface area contributed by atoms with Crippen LogP contribution < -0.4 is 5.73 Å². The average molecular weight is 241 g/mol. The molecule has 0 radical (unpaired) electrons. The molecular weight excluding hydrogens is 226 g/mol. The van der Waals surface area contributed by atoms with Crippen LogP contribution in [0.2, 0.25) is 0 Å². The molecule has 0 aliphatic rings. The Hall–Kier alpha value is -1.14. The lowest BCUT2D eigenvalue weighted by Crippen LogP contribution is -2.45. The van der Waals surface area contributed by atoms with E-state index >= 15 is 0 Å². The van der Waals surface area contributed by atoms with Crippen LogP contribution in [-0.2, 0) is 4.79 Å². The molecular formula is C10H15N3O2S. The fourth-order valence-electron chi connectivity index (χ4n) is 0.917.